The lowest BCUT2D eigenvalue weighted by molar-refractivity contribution is 0.0946. The lowest BCUT2D eigenvalue weighted by Gasteiger charge is -2.19. The van der Waals surface area contributed by atoms with Crippen LogP contribution in [0.5, 0.6) is 0 Å². The van der Waals surface area contributed by atoms with Crippen LogP contribution in [0.25, 0.3) is 0 Å². The fourth-order valence-corrected chi connectivity index (χ4v) is 2.93. The standard InChI is InChI=1S/C12H16N2O3S/c1-18(16,17)7-11(13)9-3-2-8-4-5-14-12(15)10(8)6-9/h2-3,6,11H,4-5,7,13H2,1H3,(H,14,15). The molecule has 2 rings (SSSR count). The highest BCUT2D eigenvalue weighted by molar-refractivity contribution is 7.90. The van der Waals surface area contributed by atoms with Crippen molar-refractivity contribution in [3.8, 4) is 0 Å². The normalized spacial score (nSPS) is 16.9. The Kier molecular flexibility index (Phi) is 3.41. The summed E-state index contributed by atoms with van der Waals surface area (Å²) in [6.07, 6.45) is 1.95. The summed E-state index contributed by atoms with van der Waals surface area (Å²) >= 11 is 0. The highest BCUT2D eigenvalue weighted by atomic mass is 32.2. The molecule has 1 aliphatic rings. The fourth-order valence-electron chi connectivity index (χ4n) is 2.08. The van der Waals surface area contributed by atoms with Crippen LogP contribution in [0.4, 0.5) is 0 Å². The molecule has 0 aromatic heterocycles. The molecule has 1 heterocycles. The molecular weight excluding hydrogens is 252 g/mol. The number of fused-ring (bicyclic) bond motifs is 1. The average molecular weight is 268 g/mol. The molecule has 6 heteroatoms. The summed E-state index contributed by atoms with van der Waals surface area (Å²) in [5, 5.41) is 2.75. The smallest absolute Gasteiger partial charge is 0.251 e. The number of nitrogens with one attached hydrogen (secondary N) is 1. The van der Waals surface area contributed by atoms with Crippen LogP contribution in [0.15, 0.2) is 18.2 Å². The summed E-state index contributed by atoms with van der Waals surface area (Å²) in [4.78, 5) is 11.7. The van der Waals surface area contributed by atoms with Crippen molar-refractivity contribution in [1.29, 1.82) is 0 Å². The van der Waals surface area contributed by atoms with Crippen LogP contribution in [-0.2, 0) is 16.3 Å². The second kappa shape index (κ2) is 4.70. The van der Waals surface area contributed by atoms with Crippen molar-refractivity contribution < 1.29 is 13.2 Å². The van der Waals surface area contributed by atoms with E-state index in [1.54, 1.807) is 12.1 Å². The maximum Gasteiger partial charge on any atom is 0.251 e. The van der Waals surface area contributed by atoms with Gasteiger partial charge in [-0.05, 0) is 23.6 Å². The lowest BCUT2D eigenvalue weighted by Crippen LogP contribution is -2.32. The molecule has 3 N–H and O–H groups in total. The van der Waals surface area contributed by atoms with Gasteiger partial charge in [0.25, 0.3) is 5.91 Å². The zero-order chi connectivity index (χ0) is 13.3. The van der Waals surface area contributed by atoms with Crippen molar-refractivity contribution in [2.45, 2.75) is 12.5 Å². The zero-order valence-electron chi connectivity index (χ0n) is 10.1. The van der Waals surface area contributed by atoms with Gasteiger partial charge in [-0.1, -0.05) is 12.1 Å². The predicted octanol–water partition coefficient (Wildman–Crippen LogP) is 0.0169. The molecule has 0 radical (unpaired) electrons. The summed E-state index contributed by atoms with van der Waals surface area (Å²) in [7, 11) is -3.13. The van der Waals surface area contributed by atoms with E-state index in [1.807, 2.05) is 6.07 Å². The number of amides is 1. The van der Waals surface area contributed by atoms with Gasteiger partial charge in [0.1, 0.15) is 9.84 Å². The van der Waals surface area contributed by atoms with Gasteiger partial charge >= 0.3 is 0 Å². The number of sulfone groups is 1. The third-order valence-electron chi connectivity index (χ3n) is 2.97. The second-order valence-electron chi connectivity index (χ2n) is 4.62. The summed E-state index contributed by atoms with van der Waals surface area (Å²) in [5.41, 5.74) is 8.11. The Balaban J connectivity index is 2.30. The van der Waals surface area contributed by atoms with Crippen LogP contribution in [-0.4, -0.2) is 32.9 Å². The molecule has 18 heavy (non-hydrogen) atoms. The third-order valence-corrected chi connectivity index (χ3v) is 3.93. The van der Waals surface area contributed by atoms with Crippen molar-refractivity contribution in [3.63, 3.8) is 0 Å². The van der Waals surface area contributed by atoms with Gasteiger partial charge < -0.3 is 11.1 Å². The predicted molar refractivity (Wildman–Crippen MR) is 69.1 cm³/mol. The highest BCUT2D eigenvalue weighted by Crippen LogP contribution is 2.20. The molecule has 1 atom stereocenters. The van der Waals surface area contributed by atoms with Gasteiger partial charge in [-0.25, -0.2) is 8.42 Å². The van der Waals surface area contributed by atoms with Crippen LogP contribution in [0.3, 0.4) is 0 Å². The molecule has 1 unspecified atom stereocenters. The molecule has 0 aliphatic carbocycles. The first-order valence-corrected chi connectivity index (χ1v) is 7.77. The van der Waals surface area contributed by atoms with Crippen LogP contribution in [0.1, 0.15) is 27.5 Å². The van der Waals surface area contributed by atoms with Gasteiger partial charge in [0.05, 0.1) is 5.75 Å². The van der Waals surface area contributed by atoms with E-state index in [2.05, 4.69) is 5.32 Å². The summed E-state index contributed by atoms with van der Waals surface area (Å²) in [6, 6.07) is 4.75. The van der Waals surface area contributed by atoms with E-state index in [1.165, 1.54) is 0 Å². The van der Waals surface area contributed by atoms with E-state index < -0.39 is 15.9 Å². The Labute approximate surface area is 106 Å². The Morgan fingerprint density at radius 2 is 2.17 bits per heavy atom. The van der Waals surface area contributed by atoms with Crippen molar-refractivity contribution in [2.24, 2.45) is 5.73 Å². The van der Waals surface area contributed by atoms with Crippen molar-refractivity contribution in [3.05, 3.63) is 34.9 Å². The van der Waals surface area contributed by atoms with Gasteiger partial charge in [0.2, 0.25) is 0 Å². The SMILES string of the molecule is CS(=O)(=O)CC(N)c1ccc2c(c1)C(=O)NCC2. The van der Waals surface area contributed by atoms with E-state index >= 15 is 0 Å². The topological polar surface area (TPSA) is 89.3 Å². The second-order valence-corrected chi connectivity index (χ2v) is 6.81. The molecular formula is C12H16N2O3S. The Morgan fingerprint density at radius 1 is 1.44 bits per heavy atom. The van der Waals surface area contributed by atoms with Gasteiger partial charge in [-0.3, -0.25) is 4.79 Å². The lowest BCUT2D eigenvalue weighted by atomic mass is 9.96. The first-order valence-electron chi connectivity index (χ1n) is 5.71. The third kappa shape index (κ3) is 2.88. The van der Waals surface area contributed by atoms with Gasteiger partial charge in [-0.2, -0.15) is 0 Å². The number of nitrogens with two attached hydrogens (primary N) is 1. The minimum absolute atomic E-state index is 0.118. The largest absolute Gasteiger partial charge is 0.352 e. The van der Waals surface area contributed by atoms with Gasteiger partial charge in [0.15, 0.2) is 0 Å². The first kappa shape index (κ1) is 13.0. The average Bonchev–Trinajstić information content (AvgIpc) is 2.27. The van der Waals surface area contributed by atoms with Crippen LogP contribution >= 0.6 is 0 Å². The monoisotopic (exact) mass is 268 g/mol. The number of rotatable bonds is 3. The number of hydrogen-bond donors (Lipinski definition) is 2. The van der Waals surface area contributed by atoms with Crippen molar-refractivity contribution >= 4 is 15.7 Å². The summed E-state index contributed by atoms with van der Waals surface area (Å²) in [5.74, 6) is -0.238. The van der Waals surface area contributed by atoms with Crippen LogP contribution in [0, 0.1) is 0 Å². The molecule has 0 saturated heterocycles. The number of benzene rings is 1. The molecule has 1 aromatic rings. The minimum Gasteiger partial charge on any atom is -0.352 e. The Bertz CT molecular complexity index is 581. The molecule has 1 amide bonds. The number of carbonyl (C=O) groups excluding carboxylic acids is 1. The van der Waals surface area contributed by atoms with E-state index in [0.29, 0.717) is 17.7 Å². The molecule has 1 aliphatic heterocycles. The van der Waals surface area contributed by atoms with Crippen molar-refractivity contribution in [2.75, 3.05) is 18.6 Å². The van der Waals surface area contributed by atoms with E-state index in [9.17, 15) is 13.2 Å². The quantitative estimate of drug-likeness (QED) is 0.808. The van der Waals surface area contributed by atoms with E-state index in [-0.39, 0.29) is 11.7 Å². The molecule has 0 saturated carbocycles. The first-order chi connectivity index (χ1) is 8.37. The van der Waals surface area contributed by atoms with E-state index in [0.717, 1.165) is 18.2 Å². The Hall–Kier alpha value is -1.40. The molecule has 0 spiro atoms. The molecule has 0 bridgehead atoms. The molecule has 0 fully saturated rings. The van der Waals surface area contributed by atoms with Crippen LogP contribution in [0.2, 0.25) is 0 Å². The number of carbonyl (C=O) groups is 1. The minimum atomic E-state index is -3.13. The van der Waals surface area contributed by atoms with E-state index in [4.69, 9.17) is 5.73 Å². The fraction of sp³-hybridized carbons (Fsp3) is 0.417. The van der Waals surface area contributed by atoms with Crippen LogP contribution < -0.4 is 11.1 Å². The number of hydrogen-bond acceptors (Lipinski definition) is 4. The molecule has 5 nitrogen and oxygen atoms in total. The summed E-state index contributed by atoms with van der Waals surface area (Å²) in [6.45, 7) is 0.639. The zero-order valence-corrected chi connectivity index (χ0v) is 11.0. The Morgan fingerprint density at radius 3 is 2.83 bits per heavy atom. The van der Waals surface area contributed by atoms with Crippen molar-refractivity contribution in [1.82, 2.24) is 5.32 Å². The maximum atomic E-state index is 11.7. The van der Waals surface area contributed by atoms with Gasteiger partial charge in [0, 0.05) is 24.4 Å². The maximum absolute atomic E-state index is 11.7. The van der Waals surface area contributed by atoms with Gasteiger partial charge in [-0.15, -0.1) is 0 Å². The molecule has 1 aromatic carbocycles. The molecule has 98 valence electrons. The highest BCUT2D eigenvalue weighted by Gasteiger charge is 2.19. The summed E-state index contributed by atoms with van der Waals surface area (Å²) < 4.78 is 22.4.